The molecule has 0 spiro atoms. The van der Waals surface area contributed by atoms with Crippen molar-refractivity contribution in [3.63, 3.8) is 0 Å². The van der Waals surface area contributed by atoms with E-state index in [1.807, 2.05) is 48.5 Å². The predicted molar refractivity (Wildman–Crippen MR) is 92.0 cm³/mol. The van der Waals surface area contributed by atoms with Crippen molar-refractivity contribution in [3.8, 4) is 5.75 Å². The molecule has 0 aliphatic heterocycles. The number of aromatic nitrogens is 1. The van der Waals surface area contributed by atoms with Gasteiger partial charge < -0.3 is 22.5 Å². The minimum atomic E-state index is -0.247. The average molecular weight is 358 g/mol. The third-order valence-electron chi connectivity index (χ3n) is 3.66. The summed E-state index contributed by atoms with van der Waals surface area (Å²) < 4.78 is 19.5. The van der Waals surface area contributed by atoms with E-state index >= 15 is 0 Å². The molecule has 0 saturated heterocycles. The lowest BCUT2D eigenvalue weighted by atomic mass is 10.2. The first-order valence-corrected chi connectivity index (χ1v) is 7.87. The number of hydrogen-bond acceptors (Lipinski definition) is 3. The molecule has 2 aromatic carbocycles. The number of nitrogens with zero attached hydrogens (tertiary/aromatic N) is 1. The normalized spacial score (nSPS) is 10.1. The molecule has 3 aromatic rings. The zero-order valence-electron chi connectivity index (χ0n) is 13.7. The van der Waals surface area contributed by atoms with E-state index in [2.05, 4.69) is 10.3 Å². The lowest BCUT2D eigenvalue weighted by Crippen LogP contribution is -3.00. The number of benzene rings is 2. The van der Waals surface area contributed by atoms with Gasteiger partial charge >= 0.3 is 0 Å². The van der Waals surface area contributed by atoms with Crippen molar-refractivity contribution in [1.29, 1.82) is 0 Å². The summed E-state index contributed by atoms with van der Waals surface area (Å²) in [6.45, 7) is 1.55. The highest BCUT2D eigenvalue weighted by Crippen LogP contribution is 2.20. The Hall–Kier alpha value is -2.43. The van der Waals surface area contributed by atoms with Gasteiger partial charge in [0.25, 0.3) is 0 Å². The molecule has 130 valence electrons. The van der Waals surface area contributed by atoms with Crippen LogP contribution in [0.5, 0.6) is 5.75 Å². The molecule has 0 aliphatic carbocycles. The maximum Gasteiger partial charge on any atom is 0.129 e. The quantitative estimate of drug-likeness (QED) is 0.687. The maximum atomic E-state index is 13.7. The third kappa shape index (κ3) is 5.55. The van der Waals surface area contributed by atoms with Gasteiger partial charge in [0.2, 0.25) is 0 Å². The molecule has 1 heterocycles. The van der Waals surface area contributed by atoms with E-state index in [1.165, 1.54) is 6.07 Å². The smallest absolute Gasteiger partial charge is 0.129 e. The Bertz CT molecular complexity index is 783. The first-order chi connectivity index (χ1) is 11.8. The van der Waals surface area contributed by atoms with Crippen molar-refractivity contribution in [2.24, 2.45) is 0 Å². The first-order valence-electron chi connectivity index (χ1n) is 7.87. The summed E-state index contributed by atoms with van der Waals surface area (Å²) >= 11 is 0. The minimum Gasteiger partial charge on any atom is -1.00 e. The lowest BCUT2D eigenvalue weighted by Gasteiger charge is -2.12. The van der Waals surface area contributed by atoms with Gasteiger partial charge in [-0.2, -0.15) is 0 Å². The van der Waals surface area contributed by atoms with Crippen molar-refractivity contribution in [2.45, 2.75) is 19.7 Å². The molecule has 0 fully saturated rings. The summed E-state index contributed by atoms with van der Waals surface area (Å²) in [4.78, 5) is 4.28. The molecule has 0 radical (unpaired) electrons. The predicted octanol–water partition coefficient (Wildman–Crippen LogP) is 1.09. The average Bonchev–Trinajstić information content (AvgIpc) is 2.63. The van der Waals surface area contributed by atoms with Gasteiger partial charge in [0.05, 0.1) is 5.69 Å². The SMILES string of the molecule is Fc1ccccc1COc1ccccc1CNCc1ccccn1.[Cl-]. The fourth-order valence-electron chi connectivity index (χ4n) is 2.39. The number of rotatable bonds is 7. The van der Waals surface area contributed by atoms with Crippen LogP contribution in [0.25, 0.3) is 0 Å². The molecule has 25 heavy (non-hydrogen) atoms. The van der Waals surface area contributed by atoms with E-state index in [0.717, 1.165) is 17.0 Å². The molecule has 0 amide bonds. The van der Waals surface area contributed by atoms with Crippen LogP contribution in [0.15, 0.2) is 72.9 Å². The lowest BCUT2D eigenvalue weighted by molar-refractivity contribution is -0.00000589. The summed E-state index contributed by atoms with van der Waals surface area (Å²) in [6.07, 6.45) is 1.78. The number of ether oxygens (including phenoxy) is 1. The van der Waals surface area contributed by atoms with E-state index in [0.29, 0.717) is 18.7 Å². The van der Waals surface area contributed by atoms with Gasteiger partial charge in [-0.3, -0.25) is 4.98 Å². The Morgan fingerprint density at radius 3 is 2.32 bits per heavy atom. The molecule has 0 bridgehead atoms. The number of halogens is 2. The van der Waals surface area contributed by atoms with E-state index in [-0.39, 0.29) is 24.8 Å². The summed E-state index contributed by atoms with van der Waals surface area (Å²) in [6, 6.07) is 20.3. The van der Waals surface area contributed by atoms with Crippen LogP contribution in [0, 0.1) is 5.82 Å². The molecule has 0 aliphatic rings. The van der Waals surface area contributed by atoms with Crippen molar-refractivity contribution < 1.29 is 21.5 Å². The van der Waals surface area contributed by atoms with E-state index < -0.39 is 0 Å². The van der Waals surface area contributed by atoms with Crippen molar-refractivity contribution in [3.05, 3.63) is 95.6 Å². The molecule has 0 saturated carbocycles. The fourth-order valence-corrected chi connectivity index (χ4v) is 2.39. The van der Waals surface area contributed by atoms with E-state index in [9.17, 15) is 4.39 Å². The Kier molecular flexibility index (Phi) is 7.38. The van der Waals surface area contributed by atoms with Gasteiger partial charge in [-0.05, 0) is 24.3 Å². The fraction of sp³-hybridized carbons (Fsp3) is 0.150. The monoisotopic (exact) mass is 357 g/mol. The van der Waals surface area contributed by atoms with Crippen molar-refractivity contribution in [2.75, 3.05) is 0 Å². The first kappa shape index (κ1) is 18.9. The summed E-state index contributed by atoms with van der Waals surface area (Å²) in [5, 5.41) is 3.35. The number of nitrogens with one attached hydrogen (secondary N) is 1. The van der Waals surface area contributed by atoms with Crippen molar-refractivity contribution >= 4 is 0 Å². The number of para-hydroxylation sites is 1. The second kappa shape index (κ2) is 9.77. The minimum absolute atomic E-state index is 0. The second-order valence-corrected chi connectivity index (χ2v) is 5.41. The van der Waals surface area contributed by atoms with Gasteiger partial charge in [-0.15, -0.1) is 0 Å². The molecule has 1 N–H and O–H groups in total. The molecule has 5 heteroatoms. The Balaban J connectivity index is 0.00000225. The highest BCUT2D eigenvalue weighted by molar-refractivity contribution is 5.33. The molecule has 3 nitrogen and oxygen atoms in total. The largest absolute Gasteiger partial charge is 1.00 e. The summed E-state index contributed by atoms with van der Waals surface area (Å²) in [7, 11) is 0. The summed E-state index contributed by atoms with van der Waals surface area (Å²) in [5.74, 6) is 0.512. The molecule has 1 aromatic heterocycles. The Labute approximate surface area is 153 Å². The molecular formula is C20H19ClFN2O-. The van der Waals surface area contributed by atoms with Gasteiger partial charge in [0, 0.05) is 30.4 Å². The maximum absolute atomic E-state index is 13.7. The molecule has 0 atom stereocenters. The van der Waals surface area contributed by atoms with Crippen molar-refractivity contribution in [1.82, 2.24) is 10.3 Å². The highest BCUT2D eigenvalue weighted by atomic mass is 35.5. The van der Waals surface area contributed by atoms with Crippen LogP contribution < -0.4 is 22.5 Å². The Morgan fingerprint density at radius 2 is 1.56 bits per heavy atom. The second-order valence-electron chi connectivity index (χ2n) is 5.41. The molecule has 3 rings (SSSR count). The van der Waals surface area contributed by atoms with E-state index in [4.69, 9.17) is 4.74 Å². The van der Waals surface area contributed by atoms with Crippen LogP contribution in [0.1, 0.15) is 16.8 Å². The number of hydrogen-bond donors (Lipinski definition) is 1. The van der Waals surface area contributed by atoms with Crippen LogP contribution in [-0.4, -0.2) is 4.98 Å². The van der Waals surface area contributed by atoms with E-state index in [1.54, 1.807) is 18.3 Å². The van der Waals surface area contributed by atoms with Gasteiger partial charge in [-0.25, -0.2) is 4.39 Å². The third-order valence-corrected chi connectivity index (χ3v) is 3.66. The number of pyridine rings is 1. The molecular weight excluding hydrogens is 339 g/mol. The molecule has 0 unspecified atom stereocenters. The van der Waals surface area contributed by atoms with Gasteiger partial charge in [0.15, 0.2) is 0 Å². The topological polar surface area (TPSA) is 34.1 Å². The zero-order chi connectivity index (χ0) is 16.6. The van der Waals surface area contributed by atoms with Crippen LogP contribution >= 0.6 is 0 Å². The van der Waals surface area contributed by atoms with Gasteiger partial charge in [-0.1, -0.05) is 42.5 Å². The zero-order valence-corrected chi connectivity index (χ0v) is 14.4. The summed E-state index contributed by atoms with van der Waals surface area (Å²) in [5.41, 5.74) is 2.57. The van der Waals surface area contributed by atoms with Crippen LogP contribution in [0.4, 0.5) is 4.39 Å². The standard InChI is InChI=1S/C20H19FN2O.ClH/c21-19-10-3-1-8-17(19)15-24-20-11-4-2-7-16(20)13-22-14-18-9-5-6-12-23-18;/h1-12,22H,13-15H2;1H/p-1. The van der Waals surface area contributed by atoms with Crippen LogP contribution in [0.2, 0.25) is 0 Å². The Morgan fingerprint density at radius 1 is 0.840 bits per heavy atom. The highest BCUT2D eigenvalue weighted by Gasteiger charge is 2.06. The van der Waals surface area contributed by atoms with Crippen LogP contribution in [-0.2, 0) is 19.7 Å². The van der Waals surface area contributed by atoms with Gasteiger partial charge in [0.1, 0.15) is 18.2 Å². The van der Waals surface area contributed by atoms with Crippen LogP contribution in [0.3, 0.4) is 0 Å².